The third-order valence-corrected chi connectivity index (χ3v) is 5.10. The Morgan fingerprint density at radius 1 is 0.966 bits per heavy atom. The number of nitrogens with zero attached hydrogens (tertiary/aromatic N) is 4. The zero-order valence-corrected chi connectivity index (χ0v) is 16.7. The lowest BCUT2D eigenvalue weighted by atomic mass is 10.2. The zero-order chi connectivity index (χ0) is 20.4. The molecule has 0 unspecified atom stereocenters. The second kappa shape index (κ2) is 7.92. The van der Waals surface area contributed by atoms with Crippen LogP contribution in [0.3, 0.4) is 0 Å². The van der Waals surface area contributed by atoms with Gasteiger partial charge in [-0.2, -0.15) is 9.61 Å². The smallest absolute Gasteiger partial charge is 0.235 e. The molecule has 4 aromatic rings. The number of rotatable bonds is 7. The Morgan fingerprint density at radius 2 is 1.66 bits per heavy atom. The molecule has 8 nitrogen and oxygen atoms in total. The maximum Gasteiger partial charge on any atom is 0.235 e. The van der Waals surface area contributed by atoms with E-state index in [1.54, 1.807) is 38.0 Å². The molecule has 29 heavy (non-hydrogen) atoms. The van der Waals surface area contributed by atoms with E-state index in [0.717, 1.165) is 5.56 Å². The lowest BCUT2D eigenvalue weighted by Crippen LogP contribution is -2.02. The van der Waals surface area contributed by atoms with Gasteiger partial charge in [0.2, 0.25) is 10.7 Å². The molecule has 0 radical (unpaired) electrons. The van der Waals surface area contributed by atoms with Crippen LogP contribution >= 0.6 is 11.3 Å². The predicted molar refractivity (Wildman–Crippen MR) is 104 cm³/mol. The quantitative estimate of drug-likeness (QED) is 0.455. The maximum absolute atomic E-state index is 13.0. The van der Waals surface area contributed by atoms with Crippen molar-refractivity contribution in [2.75, 3.05) is 21.3 Å². The minimum atomic E-state index is -0.322. The number of aromatic nitrogens is 4. The number of hydrogen-bond acceptors (Lipinski definition) is 8. The highest BCUT2D eigenvalue weighted by Crippen LogP contribution is 2.41. The van der Waals surface area contributed by atoms with Gasteiger partial charge in [-0.25, -0.2) is 4.39 Å². The molecule has 4 rings (SSSR count). The summed E-state index contributed by atoms with van der Waals surface area (Å²) in [5, 5.41) is 13.6. The van der Waals surface area contributed by atoms with Crippen LogP contribution in [0.1, 0.15) is 5.82 Å². The van der Waals surface area contributed by atoms with Gasteiger partial charge in [0.05, 0.1) is 21.3 Å². The Labute approximate surface area is 169 Å². The molecule has 0 bridgehead atoms. The topological polar surface area (TPSA) is 80.0 Å². The molecule has 2 aromatic carbocycles. The van der Waals surface area contributed by atoms with Crippen LogP contribution in [-0.2, 0) is 6.61 Å². The number of methoxy groups -OCH3 is 3. The van der Waals surface area contributed by atoms with Gasteiger partial charge in [-0.3, -0.25) is 0 Å². The first-order valence-corrected chi connectivity index (χ1v) is 9.34. The van der Waals surface area contributed by atoms with E-state index in [-0.39, 0.29) is 12.4 Å². The Bertz CT molecular complexity index is 1120. The molecule has 2 heterocycles. The monoisotopic (exact) mass is 416 g/mol. The summed E-state index contributed by atoms with van der Waals surface area (Å²) in [5.41, 5.74) is 0.792. The largest absolute Gasteiger partial charge is 0.493 e. The van der Waals surface area contributed by atoms with Gasteiger partial charge in [0.15, 0.2) is 17.3 Å². The van der Waals surface area contributed by atoms with E-state index in [0.29, 0.717) is 38.8 Å². The molecule has 0 aliphatic heterocycles. The number of fused-ring (bicyclic) bond motifs is 1. The lowest BCUT2D eigenvalue weighted by Gasteiger charge is -2.13. The van der Waals surface area contributed by atoms with Gasteiger partial charge < -0.3 is 18.9 Å². The number of halogens is 1. The fraction of sp³-hybridized carbons (Fsp3) is 0.211. The van der Waals surface area contributed by atoms with Crippen molar-refractivity contribution < 1.29 is 23.3 Å². The molecule has 0 fully saturated rings. The van der Waals surface area contributed by atoms with E-state index in [4.69, 9.17) is 18.9 Å². The summed E-state index contributed by atoms with van der Waals surface area (Å²) in [4.78, 5) is 0.617. The van der Waals surface area contributed by atoms with E-state index >= 15 is 0 Å². The van der Waals surface area contributed by atoms with Gasteiger partial charge in [-0.15, -0.1) is 10.2 Å². The molecule has 2 aromatic heterocycles. The minimum absolute atomic E-state index is 0.144. The van der Waals surface area contributed by atoms with E-state index in [9.17, 15) is 4.39 Å². The first-order valence-electron chi connectivity index (χ1n) is 8.52. The SMILES string of the molecule is COc1cc(-c2nn3c(COc4ccc(F)cc4)nnc3s2)cc(OC)c1OC. The molecule has 0 spiro atoms. The molecule has 0 amide bonds. The highest BCUT2D eigenvalue weighted by molar-refractivity contribution is 7.19. The standard InChI is InChI=1S/C19H17FN4O4S/c1-25-14-8-11(9-15(26-2)17(14)27-3)18-23-24-16(21-22-19(24)29-18)10-28-13-6-4-12(20)5-7-13/h4-9H,10H2,1-3H3. The maximum atomic E-state index is 13.0. The molecule has 0 aliphatic rings. The third kappa shape index (κ3) is 3.66. The van der Waals surface area contributed by atoms with Gasteiger partial charge in [-0.1, -0.05) is 11.3 Å². The van der Waals surface area contributed by atoms with Crippen molar-refractivity contribution in [1.82, 2.24) is 19.8 Å². The number of hydrogen-bond donors (Lipinski definition) is 0. The van der Waals surface area contributed by atoms with Crippen molar-refractivity contribution in [2.45, 2.75) is 6.61 Å². The molecule has 0 atom stereocenters. The van der Waals surface area contributed by atoms with E-state index in [1.165, 1.54) is 23.5 Å². The highest BCUT2D eigenvalue weighted by Gasteiger charge is 2.18. The fourth-order valence-corrected chi connectivity index (χ4v) is 3.59. The first kappa shape index (κ1) is 18.9. The first-order chi connectivity index (χ1) is 14.1. The van der Waals surface area contributed by atoms with Crippen LogP contribution in [0.2, 0.25) is 0 Å². The summed E-state index contributed by atoms with van der Waals surface area (Å²) in [7, 11) is 4.67. The molecular weight excluding hydrogens is 399 g/mol. The summed E-state index contributed by atoms with van der Waals surface area (Å²) >= 11 is 1.37. The number of benzene rings is 2. The second-order valence-corrected chi connectivity index (χ2v) is 6.83. The molecule has 0 aliphatic carbocycles. The van der Waals surface area contributed by atoms with Crippen LogP contribution in [0, 0.1) is 5.82 Å². The zero-order valence-electron chi connectivity index (χ0n) is 15.9. The van der Waals surface area contributed by atoms with Gasteiger partial charge in [0.25, 0.3) is 0 Å². The summed E-state index contributed by atoms with van der Waals surface area (Å²) in [6, 6.07) is 9.41. The summed E-state index contributed by atoms with van der Waals surface area (Å²) in [6.45, 7) is 0.144. The van der Waals surface area contributed by atoms with Crippen molar-refractivity contribution in [3.05, 3.63) is 48.0 Å². The minimum Gasteiger partial charge on any atom is -0.493 e. The van der Waals surface area contributed by atoms with Gasteiger partial charge in [-0.05, 0) is 36.4 Å². The molecule has 10 heteroatoms. The van der Waals surface area contributed by atoms with Crippen molar-refractivity contribution in [3.8, 4) is 33.6 Å². The van der Waals surface area contributed by atoms with E-state index in [2.05, 4.69) is 15.3 Å². The summed E-state index contributed by atoms with van der Waals surface area (Å²) in [6.07, 6.45) is 0. The Hall–Kier alpha value is -3.40. The molecule has 0 saturated carbocycles. The number of ether oxygens (including phenoxy) is 4. The fourth-order valence-electron chi connectivity index (χ4n) is 2.75. The van der Waals surface area contributed by atoms with Crippen molar-refractivity contribution in [3.63, 3.8) is 0 Å². The van der Waals surface area contributed by atoms with Crippen molar-refractivity contribution in [2.24, 2.45) is 0 Å². The van der Waals surface area contributed by atoms with Crippen LogP contribution in [0.4, 0.5) is 4.39 Å². The van der Waals surface area contributed by atoms with Gasteiger partial charge in [0.1, 0.15) is 23.2 Å². The third-order valence-electron chi connectivity index (χ3n) is 4.15. The van der Waals surface area contributed by atoms with Crippen molar-refractivity contribution in [1.29, 1.82) is 0 Å². The molecule has 150 valence electrons. The van der Waals surface area contributed by atoms with E-state index < -0.39 is 0 Å². The lowest BCUT2D eigenvalue weighted by molar-refractivity contribution is 0.292. The highest BCUT2D eigenvalue weighted by atomic mass is 32.1. The molecule has 0 N–H and O–H groups in total. The van der Waals surface area contributed by atoms with Crippen LogP contribution in [-0.4, -0.2) is 41.1 Å². The predicted octanol–water partition coefficient (Wildman–Crippen LogP) is 3.60. The Morgan fingerprint density at radius 3 is 2.28 bits per heavy atom. The van der Waals surface area contributed by atoms with Crippen LogP contribution in [0.25, 0.3) is 15.5 Å². The van der Waals surface area contributed by atoms with E-state index in [1.807, 2.05) is 12.1 Å². The summed E-state index contributed by atoms with van der Waals surface area (Å²) < 4.78 is 36.5. The van der Waals surface area contributed by atoms with Crippen LogP contribution in [0.15, 0.2) is 36.4 Å². The Kier molecular flexibility index (Phi) is 5.17. The van der Waals surface area contributed by atoms with Crippen molar-refractivity contribution >= 4 is 16.3 Å². The normalized spacial score (nSPS) is 10.9. The summed E-state index contributed by atoms with van der Waals surface area (Å²) in [5.74, 6) is 2.31. The van der Waals surface area contributed by atoms with Gasteiger partial charge in [0, 0.05) is 5.56 Å². The van der Waals surface area contributed by atoms with Crippen LogP contribution in [0.5, 0.6) is 23.0 Å². The average Bonchev–Trinajstić information content (AvgIpc) is 3.33. The molecule has 0 saturated heterocycles. The average molecular weight is 416 g/mol. The van der Waals surface area contributed by atoms with Crippen LogP contribution < -0.4 is 18.9 Å². The molecular formula is C19H17FN4O4S. The second-order valence-electron chi connectivity index (χ2n) is 5.87. The van der Waals surface area contributed by atoms with Gasteiger partial charge >= 0.3 is 0 Å². The Balaban J connectivity index is 1.64.